The monoisotopic (exact) mass is 283 g/mol. The van der Waals surface area contributed by atoms with Crippen LogP contribution >= 0.6 is 0 Å². The molecule has 2 atom stereocenters. The van der Waals surface area contributed by atoms with Crippen molar-refractivity contribution in [3.8, 4) is 0 Å². The average Bonchev–Trinajstić information content (AvgIpc) is 2.94. The molecule has 0 aromatic carbocycles. The molecule has 0 saturated carbocycles. The lowest BCUT2D eigenvalue weighted by molar-refractivity contribution is -0.130. The molecule has 0 radical (unpaired) electrons. The van der Waals surface area contributed by atoms with Crippen LogP contribution in [-0.4, -0.2) is 54.5 Å². The zero-order chi connectivity index (χ0) is 15.0. The third-order valence-electron chi connectivity index (χ3n) is 4.76. The number of amides is 1. The Hall–Kier alpha value is -0.610. The molecule has 0 aromatic rings. The van der Waals surface area contributed by atoms with Gasteiger partial charge in [-0.05, 0) is 44.8 Å². The molecule has 4 heteroatoms. The smallest absolute Gasteiger partial charge is 0.222 e. The van der Waals surface area contributed by atoms with E-state index in [1.807, 2.05) is 0 Å². The molecule has 1 rings (SSSR count). The molecule has 1 saturated heterocycles. The second kappa shape index (κ2) is 9.35. The van der Waals surface area contributed by atoms with Crippen LogP contribution in [0.25, 0.3) is 0 Å². The second-order valence-corrected chi connectivity index (χ2v) is 5.89. The molecule has 0 aliphatic carbocycles. The molecule has 118 valence electrons. The van der Waals surface area contributed by atoms with Gasteiger partial charge >= 0.3 is 0 Å². The van der Waals surface area contributed by atoms with Gasteiger partial charge in [0.2, 0.25) is 5.91 Å². The maximum absolute atomic E-state index is 12.3. The quantitative estimate of drug-likeness (QED) is 0.705. The van der Waals surface area contributed by atoms with Gasteiger partial charge in [-0.25, -0.2) is 0 Å². The zero-order valence-electron chi connectivity index (χ0n) is 13.6. The second-order valence-electron chi connectivity index (χ2n) is 5.89. The van der Waals surface area contributed by atoms with Crippen LogP contribution in [0, 0.1) is 5.92 Å². The molecule has 0 bridgehead atoms. The first-order chi connectivity index (χ1) is 9.65. The van der Waals surface area contributed by atoms with Crippen LogP contribution in [-0.2, 0) is 4.79 Å². The van der Waals surface area contributed by atoms with E-state index in [4.69, 9.17) is 5.73 Å². The fourth-order valence-electron chi connectivity index (χ4n) is 3.28. The van der Waals surface area contributed by atoms with Gasteiger partial charge in [0.25, 0.3) is 0 Å². The van der Waals surface area contributed by atoms with Gasteiger partial charge in [0.05, 0.1) is 0 Å². The molecule has 1 fully saturated rings. The van der Waals surface area contributed by atoms with E-state index in [0.717, 1.165) is 58.4 Å². The van der Waals surface area contributed by atoms with E-state index in [0.29, 0.717) is 24.3 Å². The highest BCUT2D eigenvalue weighted by Gasteiger charge is 2.28. The summed E-state index contributed by atoms with van der Waals surface area (Å²) in [5, 5.41) is 0. The lowest BCUT2D eigenvalue weighted by Gasteiger charge is -2.26. The minimum atomic E-state index is 0.343. The summed E-state index contributed by atoms with van der Waals surface area (Å²) in [4.78, 5) is 16.8. The first-order valence-corrected chi connectivity index (χ1v) is 8.38. The summed E-state index contributed by atoms with van der Waals surface area (Å²) in [5.74, 6) is 0.959. The van der Waals surface area contributed by atoms with Gasteiger partial charge in [-0.2, -0.15) is 0 Å². The number of hydrogen-bond acceptors (Lipinski definition) is 3. The average molecular weight is 283 g/mol. The molecule has 1 amide bonds. The Morgan fingerprint density at radius 2 is 2.00 bits per heavy atom. The summed E-state index contributed by atoms with van der Waals surface area (Å²) >= 11 is 0. The number of likely N-dealkylation sites (tertiary alicyclic amines) is 1. The molecule has 0 aromatic heterocycles. The van der Waals surface area contributed by atoms with E-state index in [-0.39, 0.29) is 0 Å². The molecule has 2 N–H and O–H groups in total. The SMILES string of the molecule is CCC(CCN)CCC(=O)N1CCC(N(CC)CC)C1. The van der Waals surface area contributed by atoms with Gasteiger partial charge in [0.1, 0.15) is 0 Å². The molecule has 1 aliphatic rings. The molecular formula is C16H33N3O. The van der Waals surface area contributed by atoms with Crippen LogP contribution in [0.15, 0.2) is 0 Å². The number of nitrogens with two attached hydrogens (primary N) is 1. The maximum atomic E-state index is 12.3. The van der Waals surface area contributed by atoms with Crippen molar-refractivity contribution < 1.29 is 4.79 Å². The first-order valence-electron chi connectivity index (χ1n) is 8.38. The Labute approximate surface area is 124 Å². The Balaban J connectivity index is 2.34. The predicted molar refractivity (Wildman–Crippen MR) is 84.6 cm³/mol. The number of carbonyl (C=O) groups is 1. The Bertz CT molecular complexity index is 279. The van der Waals surface area contributed by atoms with Crippen molar-refractivity contribution in [1.29, 1.82) is 0 Å². The van der Waals surface area contributed by atoms with Crippen molar-refractivity contribution in [1.82, 2.24) is 9.80 Å². The third kappa shape index (κ3) is 5.06. The molecule has 2 unspecified atom stereocenters. The Morgan fingerprint density at radius 1 is 1.30 bits per heavy atom. The summed E-state index contributed by atoms with van der Waals surface area (Å²) in [6.45, 7) is 11.4. The van der Waals surface area contributed by atoms with Crippen molar-refractivity contribution in [2.75, 3.05) is 32.7 Å². The number of nitrogens with zero attached hydrogens (tertiary/aromatic N) is 2. The van der Waals surface area contributed by atoms with Gasteiger partial charge in [0.15, 0.2) is 0 Å². The van der Waals surface area contributed by atoms with Gasteiger partial charge < -0.3 is 10.6 Å². The van der Waals surface area contributed by atoms with Crippen LogP contribution in [0.5, 0.6) is 0 Å². The standard InChI is InChI=1S/C16H33N3O/c1-4-14(9-11-17)7-8-16(20)19-12-10-15(13-19)18(5-2)6-3/h14-15H,4-13,17H2,1-3H3. The van der Waals surface area contributed by atoms with Crippen LogP contribution in [0.2, 0.25) is 0 Å². The fourth-order valence-corrected chi connectivity index (χ4v) is 3.28. The summed E-state index contributed by atoms with van der Waals surface area (Å²) in [6, 6.07) is 0.569. The van der Waals surface area contributed by atoms with E-state index >= 15 is 0 Å². The van der Waals surface area contributed by atoms with Crippen LogP contribution in [0.1, 0.15) is 52.9 Å². The van der Waals surface area contributed by atoms with Gasteiger partial charge in [-0.3, -0.25) is 9.69 Å². The molecule has 4 nitrogen and oxygen atoms in total. The zero-order valence-corrected chi connectivity index (χ0v) is 13.6. The summed E-state index contributed by atoms with van der Waals surface area (Å²) in [6.07, 6.45) is 5.01. The highest BCUT2D eigenvalue weighted by Crippen LogP contribution is 2.19. The number of likely N-dealkylation sites (N-methyl/N-ethyl adjacent to an activating group) is 1. The summed E-state index contributed by atoms with van der Waals surface area (Å²) < 4.78 is 0. The largest absolute Gasteiger partial charge is 0.341 e. The number of rotatable bonds is 9. The Kier molecular flexibility index (Phi) is 8.15. The topological polar surface area (TPSA) is 49.6 Å². The molecular weight excluding hydrogens is 250 g/mol. The highest BCUT2D eigenvalue weighted by molar-refractivity contribution is 5.76. The lowest BCUT2D eigenvalue weighted by Crippen LogP contribution is -2.38. The predicted octanol–water partition coefficient (Wildman–Crippen LogP) is 2.08. The Morgan fingerprint density at radius 3 is 2.55 bits per heavy atom. The van der Waals surface area contributed by atoms with Crippen molar-refractivity contribution in [3.05, 3.63) is 0 Å². The molecule has 1 heterocycles. The summed E-state index contributed by atoms with van der Waals surface area (Å²) in [7, 11) is 0. The van der Waals surface area contributed by atoms with Crippen LogP contribution in [0.3, 0.4) is 0 Å². The molecule has 20 heavy (non-hydrogen) atoms. The normalized spacial score (nSPS) is 20.6. The number of carbonyl (C=O) groups excluding carboxylic acids is 1. The lowest BCUT2D eigenvalue weighted by atomic mass is 9.96. The van der Waals surface area contributed by atoms with E-state index in [1.54, 1.807) is 0 Å². The molecule has 0 spiro atoms. The summed E-state index contributed by atoms with van der Waals surface area (Å²) in [5.41, 5.74) is 5.61. The van der Waals surface area contributed by atoms with Crippen LogP contribution < -0.4 is 5.73 Å². The molecule has 1 aliphatic heterocycles. The van der Waals surface area contributed by atoms with E-state index < -0.39 is 0 Å². The van der Waals surface area contributed by atoms with Gasteiger partial charge in [-0.1, -0.05) is 27.2 Å². The minimum absolute atomic E-state index is 0.343. The maximum Gasteiger partial charge on any atom is 0.222 e. The minimum Gasteiger partial charge on any atom is -0.341 e. The van der Waals surface area contributed by atoms with Gasteiger partial charge in [0, 0.05) is 25.6 Å². The van der Waals surface area contributed by atoms with Crippen molar-refractivity contribution in [3.63, 3.8) is 0 Å². The van der Waals surface area contributed by atoms with Crippen molar-refractivity contribution >= 4 is 5.91 Å². The fraction of sp³-hybridized carbons (Fsp3) is 0.938. The number of hydrogen-bond donors (Lipinski definition) is 1. The van der Waals surface area contributed by atoms with E-state index in [9.17, 15) is 4.79 Å². The third-order valence-corrected chi connectivity index (χ3v) is 4.76. The van der Waals surface area contributed by atoms with Crippen LogP contribution in [0.4, 0.5) is 0 Å². The highest BCUT2D eigenvalue weighted by atomic mass is 16.2. The van der Waals surface area contributed by atoms with E-state index in [1.165, 1.54) is 0 Å². The van der Waals surface area contributed by atoms with Gasteiger partial charge in [-0.15, -0.1) is 0 Å². The van der Waals surface area contributed by atoms with Crippen molar-refractivity contribution in [2.45, 2.75) is 58.9 Å². The first kappa shape index (κ1) is 17.4. The van der Waals surface area contributed by atoms with Crippen molar-refractivity contribution in [2.24, 2.45) is 11.7 Å². The van der Waals surface area contributed by atoms with E-state index in [2.05, 4.69) is 30.6 Å².